The third-order valence-electron chi connectivity index (χ3n) is 6.43. The van der Waals surface area contributed by atoms with Crippen molar-refractivity contribution in [1.29, 1.82) is 0 Å². The fourth-order valence-electron chi connectivity index (χ4n) is 4.70. The second-order valence-corrected chi connectivity index (χ2v) is 8.99. The molecule has 1 aliphatic heterocycles. The van der Waals surface area contributed by atoms with Crippen molar-refractivity contribution < 1.29 is 14.4 Å². The van der Waals surface area contributed by atoms with Crippen LogP contribution in [0.2, 0.25) is 0 Å². The van der Waals surface area contributed by atoms with Crippen LogP contribution < -0.4 is 11.0 Å². The van der Waals surface area contributed by atoms with E-state index in [9.17, 15) is 19.2 Å². The van der Waals surface area contributed by atoms with Gasteiger partial charge in [0.1, 0.15) is 11.8 Å². The number of hydrogen-bond donors (Lipinski definition) is 1. The van der Waals surface area contributed by atoms with E-state index in [-0.39, 0.29) is 23.8 Å². The number of benzene rings is 1. The Kier molecular flexibility index (Phi) is 8.42. The van der Waals surface area contributed by atoms with Gasteiger partial charge in [-0.15, -0.1) is 0 Å². The Morgan fingerprint density at radius 1 is 1.00 bits per heavy atom. The first kappa shape index (κ1) is 24.0. The lowest BCUT2D eigenvalue weighted by Gasteiger charge is -2.21. The molecule has 2 amide bonds. The Bertz CT molecular complexity index is 1030. The number of nitrogens with zero attached hydrogens (tertiary/aromatic N) is 2. The van der Waals surface area contributed by atoms with Gasteiger partial charge in [0.05, 0.1) is 11.0 Å². The van der Waals surface area contributed by atoms with E-state index in [4.69, 9.17) is 0 Å². The molecular formula is C25H35N3O4. The lowest BCUT2D eigenvalue weighted by Crippen LogP contribution is -2.44. The lowest BCUT2D eigenvalue weighted by molar-refractivity contribution is -0.135. The Morgan fingerprint density at radius 3 is 2.31 bits per heavy atom. The van der Waals surface area contributed by atoms with Gasteiger partial charge in [-0.1, -0.05) is 50.7 Å². The minimum absolute atomic E-state index is 0.216. The summed E-state index contributed by atoms with van der Waals surface area (Å²) >= 11 is 0. The Labute approximate surface area is 189 Å². The molecule has 0 aliphatic carbocycles. The Balaban J connectivity index is 1.56. The number of imidazole rings is 1. The summed E-state index contributed by atoms with van der Waals surface area (Å²) in [5, 5.41) is 2.36. The van der Waals surface area contributed by atoms with Crippen molar-refractivity contribution >= 4 is 28.6 Å². The number of aromatic nitrogens is 2. The zero-order valence-electron chi connectivity index (χ0n) is 19.3. The summed E-state index contributed by atoms with van der Waals surface area (Å²) in [6, 6.07) is 5.25. The van der Waals surface area contributed by atoms with Gasteiger partial charge in [0.15, 0.2) is 0 Å². The first-order valence-corrected chi connectivity index (χ1v) is 11.9. The van der Waals surface area contributed by atoms with Gasteiger partial charge in [-0.3, -0.25) is 24.0 Å². The number of ketones is 1. The van der Waals surface area contributed by atoms with Crippen LogP contribution in [0, 0.1) is 0 Å². The van der Waals surface area contributed by atoms with E-state index in [2.05, 4.69) is 11.4 Å². The second kappa shape index (κ2) is 11.2. The van der Waals surface area contributed by atoms with Gasteiger partial charge in [0.25, 0.3) is 0 Å². The molecule has 7 heteroatoms. The largest absolute Gasteiger partial charge is 0.329 e. The molecule has 2 heterocycles. The predicted molar refractivity (Wildman–Crippen MR) is 125 cm³/mol. The minimum atomic E-state index is -0.644. The fourth-order valence-corrected chi connectivity index (χ4v) is 4.70. The quantitative estimate of drug-likeness (QED) is 0.399. The van der Waals surface area contributed by atoms with Crippen LogP contribution in [0.25, 0.3) is 11.0 Å². The van der Waals surface area contributed by atoms with E-state index in [0.29, 0.717) is 12.8 Å². The molecule has 1 unspecified atom stereocenters. The molecule has 0 spiro atoms. The van der Waals surface area contributed by atoms with Crippen LogP contribution in [0.15, 0.2) is 23.0 Å². The number of amides is 2. The summed E-state index contributed by atoms with van der Waals surface area (Å²) in [5.74, 6) is -0.399. The zero-order valence-corrected chi connectivity index (χ0v) is 19.3. The summed E-state index contributed by atoms with van der Waals surface area (Å²) < 4.78 is 3.18. The van der Waals surface area contributed by atoms with Gasteiger partial charge in [-0.2, -0.15) is 0 Å². The van der Waals surface area contributed by atoms with Crippen LogP contribution in [0.4, 0.5) is 0 Å². The monoisotopic (exact) mass is 441 g/mol. The maximum atomic E-state index is 13.0. The maximum Gasteiger partial charge on any atom is 0.329 e. The summed E-state index contributed by atoms with van der Waals surface area (Å²) in [7, 11) is 1.75. The average Bonchev–Trinajstić information content (AvgIpc) is 3.00. The molecule has 1 aliphatic rings. The number of carbonyl (C=O) groups is 3. The maximum absolute atomic E-state index is 13.0. The van der Waals surface area contributed by atoms with Crippen LogP contribution in [-0.2, 0) is 27.9 Å². The van der Waals surface area contributed by atoms with E-state index >= 15 is 0 Å². The van der Waals surface area contributed by atoms with E-state index in [0.717, 1.165) is 48.7 Å². The smallest absolute Gasteiger partial charge is 0.300 e. The average molecular weight is 442 g/mol. The first-order chi connectivity index (χ1) is 15.4. The standard InChI is InChI=1S/C25H35N3O4/c1-18(29)12-9-7-5-3-4-6-8-10-13-19-14-11-15-20-23(19)27(2)25(32)28(20)21-16-17-22(30)26-24(21)31/h11,14-15,21H,3-10,12-13,16-17H2,1-2H3,(H,26,30,31). The molecule has 1 atom stereocenters. The highest BCUT2D eigenvalue weighted by Gasteiger charge is 2.31. The van der Waals surface area contributed by atoms with Gasteiger partial charge >= 0.3 is 5.69 Å². The third kappa shape index (κ3) is 5.75. The van der Waals surface area contributed by atoms with Gasteiger partial charge in [0, 0.05) is 19.9 Å². The van der Waals surface area contributed by atoms with E-state index in [1.54, 1.807) is 23.1 Å². The molecule has 0 bridgehead atoms. The number of nitrogens with one attached hydrogen (secondary N) is 1. The molecule has 1 N–H and O–H groups in total. The molecule has 2 aromatic rings. The Hall–Kier alpha value is -2.70. The molecule has 1 aromatic carbocycles. The van der Waals surface area contributed by atoms with Crippen LogP contribution in [0.1, 0.15) is 89.2 Å². The normalized spacial score (nSPS) is 16.5. The minimum Gasteiger partial charge on any atom is -0.300 e. The van der Waals surface area contributed by atoms with Crippen molar-refractivity contribution in [3.63, 3.8) is 0 Å². The number of rotatable bonds is 12. The van der Waals surface area contributed by atoms with E-state index < -0.39 is 11.9 Å². The second-order valence-electron chi connectivity index (χ2n) is 8.99. The number of hydrogen-bond acceptors (Lipinski definition) is 4. The summed E-state index contributed by atoms with van der Waals surface area (Å²) in [6.45, 7) is 1.65. The summed E-state index contributed by atoms with van der Waals surface area (Å²) in [6.07, 6.45) is 11.4. The van der Waals surface area contributed by atoms with Crippen molar-refractivity contribution in [2.24, 2.45) is 7.05 Å². The number of fused-ring (bicyclic) bond motifs is 1. The van der Waals surface area contributed by atoms with E-state index in [1.807, 2.05) is 12.1 Å². The van der Waals surface area contributed by atoms with Crippen molar-refractivity contribution in [3.8, 4) is 0 Å². The molecule has 3 rings (SSSR count). The Morgan fingerprint density at radius 2 is 1.66 bits per heavy atom. The highest BCUT2D eigenvalue weighted by atomic mass is 16.2. The number of piperidine rings is 1. The van der Waals surface area contributed by atoms with Gasteiger partial charge in [0.2, 0.25) is 11.8 Å². The zero-order chi connectivity index (χ0) is 23.1. The van der Waals surface area contributed by atoms with Crippen molar-refractivity contribution in [2.75, 3.05) is 0 Å². The number of carbonyl (C=O) groups excluding carboxylic acids is 3. The van der Waals surface area contributed by atoms with E-state index in [1.165, 1.54) is 25.7 Å². The number of aryl methyl sites for hydroxylation is 2. The molecule has 174 valence electrons. The molecule has 1 saturated heterocycles. The number of Topliss-reactive ketones (excluding diaryl/α,β-unsaturated/α-hetero) is 1. The molecule has 1 aromatic heterocycles. The number of unbranched alkanes of at least 4 members (excludes halogenated alkanes) is 7. The van der Waals surface area contributed by atoms with Gasteiger partial charge in [-0.05, 0) is 44.2 Å². The van der Waals surface area contributed by atoms with Crippen LogP contribution >= 0.6 is 0 Å². The molecule has 1 fully saturated rings. The molecule has 7 nitrogen and oxygen atoms in total. The van der Waals surface area contributed by atoms with Gasteiger partial charge in [-0.25, -0.2) is 4.79 Å². The van der Waals surface area contributed by atoms with Crippen molar-refractivity contribution in [3.05, 3.63) is 34.2 Å². The molecule has 0 saturated carbocycles. The topological polar surface area (TPSA) is 90.2 Å². The van der Waals surface area contributed by atoms with Gasteiger partial charge < -0.3 is 4.79 Å². The fraction of sp³-hybridized carbons (Fsp3) is 0.600. The highest BCUT2D eigenvalue weighted by Crippen LogP contribution is 2.26. The summed E-state index contributed by atoms with van der Waals surface area (Å²) in [5.41, 5.74) is 2.55. The molecule has 0 radical (unpaired) electrons. The summed E-state index contributed by atoms with van der Waals surface area (Å²) in [4.78, 5) is 47.8. The van der Waals surface area contributed by atoms with Crippen molar-refractivity contribution in [1.82, 2.24) is 14.5 Å². The van der Waals surface area contributed by atoms with Crippen LogP contribution in [0.5, 0.6) is 0 Å². The number of imide groups is 1. The lowest BCUT2D eigenvalue weighted by atomic mass is 10.0. The third-order valence-corrected chi connectivity index (χ3v) is 6.43. The SMILES string of the molecule is CC(=O)CCCCCCCCCCc1cccc2c1n(C)c(=O)n2C1CCC(=O)NC1=O. The molecular weight excluding hydrogens is 406 g/mol. The first-order valence-electron chi connectivity index (χ1n) is 11.9. The molecule has 32 heavy (non-hydrogen) atoms. The number of para-hydroxylation sites is 1. The van der Waals surface area contributed by atoms with Crippen LogP contribution in [-0.4, -0.2) is 26.7 Å². The predicted octanol–water partition coefficient (Wildman–Crippen LogP) is 3.96. The van der Waals surface area contributed by atoms with Crippen LogP contribution in [0.3, 0.4) is 0 Å². The highest BCUT2D eigenvalue weighted by molar-refractivity contribution is 6.00. The van der Waals surface area contributed by atoms with Crippen molar-refractivity contribution in [2.45, 2.75) is 90.0 Å².